The van der Waals surface area contributed by atoms with Crippen LogP contribution in [0.1, 0.15) is 11.7 Å². The van der Waals surface area contributed by atoms with E-state index in [0.29, 0.717) is 11.2 Å². The average Bonchev–Trinajstić information content (AvgIpc) is 2.67. The van der Waals surface area contributed by atoms with Crippen LogP contribution in [-0.2, 0) is 4.84 Å². The van der Waals surface area contributed by atoms with E-state index >= 15 is 0 Å². The summed E-state index contributed by atoms with van der Waals surface area (Å²) in [5, 5.41) is 1.33. The molecule has 0 amide bonds. The summed E-state index contributed by atoms with van der Waals surface area (Å²) in [6, 6.07) is 7.51. The van der Waals surface area contributed by atoms with Gasteiger partial charge in [-0.3, -0.25) is 0 Å². The predicted molar refractivity (Wildman–Crippen MR) is 59.6 cm³/mol. The Labute approximate surface area is 95.2 Å². The van der Waals surface area contributed by atoms with Crippen LogP contribution in [0.4, 0.5) is 0 Å². The summed E-state index contributed by atoms with van der Waals surface area (Å²) in [6.07, 6.45) is -0.125. The Hall–Kier alpha value is -0.580. The lowest BCUT2D eigenvalue weighted by molar-refractivity contribution is 0.179. The van der Waals surface area contributed by atoms with Gasteiger partial charge in [0.05, 0.1) is 5.33 Å². The minimum Gasteiger partial charge on any atom is -0.390 e. The molecule has 1 N–H and O–H groups in total. The molecular weight excluding hydrogens is 267 g/mol. The number of nitrogens with zero attached hydrogens (tertiary/aromatic N) is 1. The molecule has 1 aromatic rings. The molecule has 1 heterocycles. The lowest BCUT2D eigenvalue weighted by Gasteiger charge is -2.05. The van der Waals surface area contributed by atoms with Gasteiger partial charge >= 0.3 is 0 Å². The Morgan fingerprint density at radius 2 is 2.14 bits per heavy atom. The van der Waals surface area contributed by atoms with E-state index in [1.807, 2.05) is 24.3 Å². The van der Waals surface area contributed by atoms with Crippen molar-refractivity contribution in [1.82, 2.24) is 5.48 Å². The number of alkyl halides is 1. The SMILES string of the molecule is Clc1ccc(C2N=C(CBr)ON2)cc1. The van der Waals surface area contributed by atoms with Crippen molar-refractivity contribution in [2.45, 2.75) is 6.17 Å². The zero-order valence-electron chi connectivity index (χ0n) is 7.21. The fourth-order valence-corrected chi connectivity index (χ4v) is 1.56. The normalized spacial score (nSPS) is 20.4. The predicted octanol–water partition coefficient (Wildman–Crippen LogP) is 2.67. The molecule has 1 unspecified atom stereocenters. The number of rotatable bonds is 2. The highest BCUT2D eigenvalue weighted by Gasteiger charge is 2.18. The third-order valence-electron chi connectivity index (χ3n) is 1.86. The first-order valence-electron chi connectivity index (χ1n) is 4.10. The Bertz CT molecular complexity index is 352. The van der Waals surface area contributed by atoms with Crippen LogP contribution in [0.2, 0.25) is 5.02 Å². The summed E-state index contributed by atoms with van der Waals surface area (Å²) in [6.45, 7) is 0. The fraction of sp³-hybridized carbons (Fsp3) is 0.222. The van der Waals surface area contributed by atoms with Crippen LogP contribution >= 0.6 is 27.5 Å². The van der Waals surface area contributed by atoms with Gasteiger partial charge in [0.1, 0.15) is 0 Å². The van der Waals surface area contributed by atoms with Crippen molar-refractivity contribution in [2.24, 2.45) is 4.99 Å². The molecule has 0 saturated heterocycles. The number of hydrogen-bond acceptors (Lipinski definition) is 3. The van der Waals surface area contributed by atoms with Gasteiger partial charge in [0.25, 0.3) is 0 Å². The molecule has 5 heteroatoms. The molecule has 1 aromatic carbocycles. The topological polar surface area (TPSA) is 33.6 Å². The zero-order valence-corrected chi connectivity index (χ0v) is 9.55. The smallest absolute Gasteiger partial charge is 0.222 e. The summed E-state index contributed by atoms with van der Waals surface area (Å²) >= 11 is 9.05. The van der Waals surface area contributed by atoms with Crippen LogP contribution in [0.15, 0.2) is 29.3 Å². The van der Waals surface area contributed by atoms with Gasteiger partial charge in [-0.25, -0.2) is 4.99 Å². The fourth-order valence-electron chi connectivity index (χ4n) is 1.17. The summed E-state index contributed by atoms with van der Waals surface area (Å²) in [7, 11) is 0. The quantitative estimate of drug-likeness (QED) is 0.842. The number of halogens is 2. The van der Waals surface area contributed by atoms with Gasteiger partial charge in [-0.1, -0.05) is 39.7 Å². The summed E-state index contributed by atoms with van der Waals surface area (Å²) < 4.78 is 0. The first-order chi connectivity index (χ1) is 6.79. The molecule has 1 aliphatic rings. The Kier molecular flexibility index (Phi) is 3.05. The summed E-state index contributed by atoms with van der Waals surface area (Å²) in [4.78, 5) is 9.42. The molecule has 0 saturated carbocycles. The highest BCUT2D eigenvalue weighted by Crippen LogP contribution is 2.20. The Balaban J connectivity index is 2.17. The van der Waals surface area contributed by atoms with E-state index in [-0.39, 0.29) is 6.17 Å². The van der Waals surface area contributed by atoms with E-state index in [9.17, 15) is 0 Å². The van der Waals surface area contributed by atoms with E-state index in [1.54, 1.807) is 0 Å². The summed E-state index contributed by atoms with van der Waals surface area (Å²) in [5.41, 5.74) is 3.85. The molecule has 1 atom stereocenters. The number of benzene rings is 1. The van der Waals surface area contributed by atoms with Gasteiger partial charge in [-0.15, -0.1) is 5.48 Å². The number of aliphatic imine (C=N–C) groups is 1. The van der Waals surface area contributed by atoms with Gasteiger partial charge < -0.3 is 4.84 Å². The Morgan fingerprint density at radius 3 is 2.71 bits per heavy atom. The van der Waals surface area contributed by atoms with E-state index in [4.69, 9.17) is 16.4 Å². The molecule has 1 aliphatic heterocycles. The third-order valence-corrected chi connectivity index (χ3v) is 2.59. The molecule has 0 radical (unpaired) electrons. The average molecular weight is 276 g/mol. The molecular formula is C9H8BrClN2O. The molecule has 0 fully saturated rings. The zero-order chi connectivity index (χ0) is 9.97. The maximum atomic E-state index is 5.78. The monoisotopic (exact) mass is 274 g/mol. The minimum atomic E-state index is -0.125. The maximum Gasteiger partial charge on any atom is 0.222 e. The second kappa shape index (κ2) is 4.29. The van der Waals surface area contributed by atoms with Crippen LogP contribution in [0.5, 0.6) is 0 Å². The van der Waals surface area contributed by atoms with Crippen molar-refractivity contribution in [1.29, 1.82) is 0 Å². The van der Waals surface area contributed by atoms with Crippen LogP contribution in [0, 0.1) is 0 Å². The number of hydrogen-bond donors (Lipinski definition) is 1. The van der Waals surface area contributed by atoms with Crippen molar-refractivity contribution >= 4 is 33.4 Å². The second-order valence-corrected chi connectivity index (χ2v) is 3.83. The van der Waals surface area contributed by atoms with E-state index < -0.39 is 0 Å². The van der Waals surface area contributed by atoms with Crippen molar-refractivity contribution in [3.8, 4) is 0 Å². The minimum absolute atomic E-state index is 0.125. The standard InChI is InChI=1S/C9H8BrClN2O/c10-5-8-12-9(13-14-8)6-1-3-7(11)4-2-6/h1-4,9,13H,5H2. The lowest BCUT2D eigenvalue weighted by Crippen LogP contribution is -2.14. The first-order valence-corrected chi connectivity index (χ1v) is 5.60. The Morgan fingerprint density at radius 1 is 1.43 bits per heavy atom. The van der Waals surface area contributed by atoms with Crippen molar-refractivity contribution in [2.75, 3.05) is 5.33 Å². The van der Waals surface area contributed by atoms with Crippen LogP contribution < -0.4 is 5.48 Å². The first kappa shape index (κ1) is 9.96. The van der Waals surface area contributed by atoms with Gasteiger partial charge in [-0.2, -0.15) is 0 Å². The van der Waals surface area contributed by atoms with Gasteiger partial charge in [-0.05, 0) is 17.7 Å². The van der Waals surface area contributed by atoms with E-state index in [2.05, 4.69) is 26.4 Å². The summed E-state index contributed by atoms with van der Waals surface area (Å²) in [5.74, 6) is 0.657. The van der Waals surface area contributed by atoms with Gasteiger partial charge in [0, 0.05) is 5.02 Å². The molecule has 2 rings (SSSR count). The van der Waals surface area contributed by atoms with Gasteiger partial charge in [0.2, 0.25) is 5.90 Å². The molecule has 0 aromatic heterocycles. The highest BCUT2D eigenvalue weighted by atomic mass is 79.9. The molecule has 3 nitrogen and oxygen atoms in total. The third kappa shape index (κ3) is 2.08. The number of nitrogens with one attached hydrogen (secondary N) is 1. The molecule has 0 bridgehead atoms. The van der Waals surface area contributed by atoms with Crippen LogP contribution in [-0.4, -0.2) is 11.2 Å². The number of hydroxylamine groups is 1. The van der Waals surface area contributed by atoms with Crippen molar-refractivity contribution in [3.63, 3.8) is 0 Å². The van der Waals surface area contributed by atoms with Crippen LogP contribution in [0.25, 0.3) is 0 Å². The van der Waals surface area contributed by atoms with Gasteiger partial charge in [0.15, 0.2) is 6.17 Å². The lowest BCUT2D eigenvalue weighted by atomic mass is 10.2. The largest absolute Gasteiger partial charge is 0.390 e. The van der Waals surface area contributed by atoms with E-state index in [0.717, 1.165) is 10.6 Å². The molecule has 0 spiro atoms. The molecule has 14 heavy (non-hydrogen) atoms. The molecule has 74 valence electrons. The van der Waals surface area contributed by atoms with E-state index in [1.165, 1.54) is 0 Å². The molecule has 0 aliphatic carbocycles. The van der Waals surface area contributed by atoms with Crippen molar-refractivity contribution in [3.05, 3.63) is 34.9 Å². The second-order valence-electron chi connectivity index (χ2n) is 2.83. The van der Waals surface area contributed by atoms with Crippen LogP contribution in [0.3, 0.4) is 0 Å². The highest BCUT2D eigenvalue weighted by molar-refractivity contribution is 9.09. The maximum absolute atomic E-state index is 5.78. The van der Waals surface area contributed by atoms with Crippen molar-refractivity contribution < 1.29 is 4.84 Å².